The number of carbonyl (C=O) groups is 4. The summed E-state index contributed by atoms with van der Waals surface area (Å²) in [5.41, 5.74) is -0.337. The normalized spacial score (nSPS) is 11.2. The fourth-order valence-corrected chi connectivity index (χ4v) is 3.48. The van der Waals surface area contributed by atoms with Crippen LogP contribution in [0.25, 0.3) is 0 Å². The number of ether oxygens (including phenoxy) is 3. The summed E-state index contributed by atoms with van der Waals surface area (Å²) in [7, 11) is 1.30. The molecule has 0 spiro atoms. The molecule has 0 aliphatic carbocycles. The smallest absolute Gasteiger partial charge is 0.410 e. The zero-order chi connectivity index (χ0) is 33.7. The van der Waals surface area contributed by atoms with E-state index in [0.717, 1.165) is 0 Å². The molecule has 0 saturated heterocycles. The molecule has 0 aliphatic rings. The van der Waals surface area contributed by atoms with Gasteiger partial charge in [-0.15, -0.1) is 0 Å². The number of rotatable bonds is 12. The number of aromatic carboxylic acids is 1. The van der Waals surface area contributed by atoms with Crippen molar-refractivity contribution < 1.29 is 48.7 Å². The third kappa shape index (κ3) is 13.9. The van der Waals surface area contributed by atoms with Crippen molar-refractivity contribution in [2.24, 2.45) is 0 Å². The highest BCUT2D eigenvalue weighted by molar-refractivity contribution is 5.89. The molecule has 2 rings (SSSR count). The molecule has 2 amide bonds. The maximum Gasteiger partial charge on any atom is 0.410 e. The molecule has 0 unspecified atom stereocenters. The number of aliphatic hydroxyl groups excluding tert-OH is 2. The van der Waals surface area contributed by atoms with Gasteiger partial charge in [0.15, 0.2) is 0 Å². The van der Waals surface area contributed by atoms with E-state index < -0.39 is 35.3 Å². The Hall–Kier alpha value is -4.18. The molecule has 2 aromatic rings. The largest absolute Gasteiger partial charge is 0.478 e. The first kappa shape index (κ1) is 37.8. The van der Waals surface area contributed by atoms with Crippen LogP contribution in [0.4, 0.5) is 9.59 Å². The number of nitrogens with zero attached hydrogens (tertiary/aromatic N) is 6. The van der Waals surface area contributed by atoms with Gasteiger partial charge in [0.1, 0.15) is 16.8 Å². The molecule has 44 heavy (non-hydrogen) atoms. The molecule has 3 N–H and O–H groups in total. The number of hydrogen-bond donors (Lipinski definition) is 3. The van der Waals surface area contributed by atoms with Crippen LogP contribution in [0.1, 0.15) is 68.0 Å². The molecule has 0 radical (unpaired) electrons. The van der Waals surface area contributed by atoms with Crippen LogP contribution < -0.4 is 0 Å². The van der Waals surface area contributed by atoms with Crippen molar-refractivity contribution in [2.75, 3.05) is 46.5 Å². The lowest BCUT2D eigenvalue weighted by Gasteiger charge is -2.26. The topological polar surface area (TPSA) is 199 Å². The van der Waals surface area contributed by atoms with Crippen LogP contribution in [0.15, 0.2) is 18.6 Å². The predicted molar refractivity (Wildman–Crippen MR) is 157 cm³/mol. The van der Waals surface area contributed by atoms with Gasteiger partial charge < -0.3 is 39.3 Å². The number of carboxylic acid groups (broad SMARTS) is 1. The zero-order valence-electron chi connectivity index (χ0n) is 26.8. The lowest BCUT2D eigenvalue weighted by atomic mass is 10.2. The average Bonchev–Trinajstić information content (AvgIpc) is 3.53. The minimum Gasteiger partial charge on any atom is -0.478 e. The van der Waals surface area contributed by atoms with E-state index in [1.807, 2.05) is 0 Å². The van der Waals surface area contributed by atoms with Crippen LogP contribution in [0.3, 0.4) is 0 Å². The number of amides is 2. The molecular weight excluding hydrogens is 580 g/mol. The Bertz CT molecular complexity index is 1230. The number of hydrogen-bond acceptors (Lipinski definition) is 11. The number of carboxylic acids is 1. The van der Waals surface area contributed by atoms with Crippen LogP contribution in [-0.4, -0.2) is 127 Å². The van der Waals surface area contributed by atoms with Gasteiger partial charge in [-0.25, -0.2) is 19.2 Å². The van der Waals surface area contributed by atoms with Gasteiger partial charge in [-0.1, -0.05) is 0 Å². The van der Waals surface area contributed by atoms with E-state index in [1.54, 1.807) is 48.5 Å². The van der Waals surface area contributed by atoms with Crippen LogP contribution in [0.2, 0.25) is 0 Å². The van der Waals surface area contributed by atoms with Gasteiger partial charge in [0.2, 0.25) is 0 Å². The van der Waals surface area contributed by atoms with E-state index in [4.69, 9.17) is 24.8 Å². The monoisotopic (exact) mass is 626 g/mol. The molecule has 16 heteroatoms. The molecular formula is C28H46N6O10. The number of esters is 1. The van der Waals surface area contributed by atoms with Crippen molar-refractivity contribution >= 4 is 24.1 Å². The molecule has 0 saturated carbocycles. The Morgan fingerprint density at radius 3 is 1.68 bits per heavy atom. The fraction of sp³-hybridized carbons (Fsp3) is 0.643. The third-order valence-corrected chi connectivity index (χ3v) is 5.47. The lowest BCUT2D eigenvalue weighted by Crippen LogP contribution is -2.40. The number of aromatic nitrogens is 4. The van der Waals surface area contributed by atoms with Crippen molar-refractivity contribution in [2.45, 2.75) is 72.8 Å². The van der Waals surface area contributed by atoms with Crippen LogP contribution in [0.5, 0.6) is 0 Å². The molecule has 0 fully saturated rings. The number of carbonyl (C=O) groups excluding carboxylic acids is 3. The molecule has 0 aliphatic heterocycles. The number of methoxy groups -OCH3 is 1. The predicted octanol–water partition coefficient (Wildman–Crippen LogP) is 2.02. The van der Waals surface area contributed by atoms with Crippen LogP contribution >= 0.6 is 0 Å². The van der Waals surface area contributed by atoms with Crippen LogP contribution in [-0.2, 0) is 27.3 Å². The Kier molecular flexibility index (Phi) is 14.8. The molecule has 2 heterocycles. The van der Waals surface area contributed by atoms with Gasteiger partial charge in [-0.3, -0.25) is 9.36 Å². The van der Waals surface area contributed by atoms with Gasteiger partial charge in [-0.05, 0) is 48.5 Å². The highest BCUT2D eigenvalue weighted by atomic mass is 16.6. The molecule has 0 atom stereocenters. The van der Waals surface area contributed by atoms with Crippen molar-refractivity contribution in [3.05, 3.63) is 35.4 Å². The molecule has 16 nitrogen and oxygen atoms in total. The highest BCUT2D eigenvalue weighted by Crippen LogP contribution is 2.12. The summed E-state index contributed by atoms with van der Waals surface area (Å²) in [4.78, 5) is 49.1. The maximum absolute atomic E-state index is 12.0. The summed E-state index contributed by atoms with van der Waals surface area (Å²) in [5, 5.41) is 35.2. The van der Waals surface area contributed by atoms with Gasteiger partial charge in [-0.2, -0.15) is 10.2 Å². The van der Waals surface area contributed by atoms with Crippen molar-refractivity contribution in [1.29, 1.82) is 0 Å². The third-order valence-electron chi connectivity index (χ3n) is 5.47. The molecule has 2 aromatic heterocycles. The lowest BCUT2D eigenvalue weighted by molar-refractivity contribution is 0.0202. The van der Waals surface area contributed by atoms with Crippen molar-refractivity contribution in [3.63, 3.8) is 0 Å². The van der Waals surface area contributed by atoms with Crippen molar-refractivity contribution in [3.8, 4) is 0 Å². The van der Waals surface area contributed by atoms with Gasteiger partial charge >= 0.3 is 24.1 Å². The zero-order valence-corrected chi connectivity index (χ0v) is 26.8. The second-order valence-corrected chi connectivity index (χ2v) is 11.6. The van der Waals surface area contributed by atoms with Gasteiger partial charge in [0, 0.05) is 38.6 Å². The van der Waals surface area contributed by atoms with E-state index in [0.29, 0.717) is 30.9 Å². The Morgan fingerprint density at radius 1 is 0.818 bits per heavy atom. The summed E-state index contributed by atoms with van der Waals surface area (Å²) >= 11 is 0. The molecule has 0 aromatic carbocycles. The average molecular weight is 627 g/mol. The van der Waals surface area contributed by atoms with E-state index >= 15 is 0 Å². The summed E-state index contributed by atoms with van der Waals surface area (Å²) in [5.74, 6) is -1.51. The second-order valence-electron chi connectivity index (χ2n) is 11.6. The minimum atomic E-state index is -1.04. The number of aliphatic hydroxyl groups is 2. The van der Waals surface area contributed by atoms with Gasteiger partial charge in [0.05, 0.1) is 50.9 Å². The van der Waals surface area contributed by atoms with Crippen molar-refractivity contribution in [1.82, 2.24) is 29.4 Å². The van der Waals surface area contributed by atoms with E-state index in [2.05, 4.69) is 14.9 Å². The Morgan fingerprint density at radius 2 is 1.30 bits per heavy atom. The Balaban J connectivity index is 0.000000440. The Labute approximate surface area is 257 Å². The summed E-state index contributed by atoms with van der Waals surface area (Å²) in [6.07, 6.45) is 3.34. The van der Waals surface area contributed by atoms with Gasteiger partial charge in [0.25, 0.3) is 0 Å². The first-order valence-corrected chi connectivity index (χ1v) is 14.0. The molecule has 248 valence electrons. The highest BCUT2D eigenvalue weighted by Gasteiger charge is 2.23. The van der Waals surface area contributed by atoms with E-state index in [-0.39, 0.29) is 38.4 Å². The maximum atomic E-state index is 12.0. The fourth-order valence-electron chi connectivity index (χ4n) is 3.48. The standard InChI is InChI=1S/2C14H23N3O5/c1-14(2,3)22-13(20)16(7-8-18)5-6-17-10-11(9-15-17)12(19)21-4;1-10-11(12(19)20)9-17(15-10)6-5-16(7-8-18)13(21)22-14(2,3)4/h9-10,18H,5-8H2,1-4H3;9,18H,5-8H2,1-4H3,(H,19,20). The first-order chi connectivity index (χ1) is 20.4. The summed E-state index contributed by atoms with van der Waals surface area (Å²) in [6.45, 7) is 13.4. The van der Waals surface area contributed by atoms with Crippen LogP contribution in [0, 0.1) is 6.92 Å². The second kappa shape index (κ2) is 17.2. The summed E-state index contributed by atoms with van der Waals surface area (Å²) in [6, 6.07) is 0. The minimum absolute atomic E-state index is 0.131. The van der Waals surface area contributed by atoms with E-state index in [1.165, 1.54) is 44.9 Å². The SMILES string of the molecule is COC(=O)c1cnn(CCN(CCO)C(=O)OC(C)(C)C)c1.Cc1nn(CCN(CCO)C(=O)OC(C)(C)C)cc1C(=O)O. The summed E-state index contributed by atoms with van der Waals surface area (Å²) < 4.78 is 18.1. The first-order valence-electron chi connectivity index (χ1n) is 14.0. The van der Waals surface area contributed by atoms with E-state index in [9.17, 15) is 19.2 Å². The molecule has 0 bridgehead atoms. The quantitative estimate of drug-likeness (QED) is 0.229. The number of aryl methyl sites for hydroxylation is 1.